The Labute approximate surface area is 90.8 Å². The molecule has 2 aromatic rings. The molecule has 2 rings (SSSR count). The Bertz CT molecular complexity index is 547. The number of rotatable bonds is 3. The van der Waals surface area contributed by atoms with Crippen molar-refractivity contribution in [3.05, 3.63) is 23.0 Å². The molecule has 84 valence electrons. The van der Waals surface area contributed by atoms with Crippen molar-refractivity contribution in [3.63, 3.8) is 0 Å². The lowest BCUT2D eigenvalue weighted by molar-refractivity contribution is 0.0698. The van der Waals surface area contributed by atoms with E-state index in [2.05, 4.69) is 10.1 Å². The standard InChI is InChI=1S/C10H10N2O4/c1-5-3-6(10(13)14)8-7(4-15-2)12-16-9(8)11-5/h3H,4H2,1-2H3,(H,13,14). The van der Waals surface area contributed by atoms with E-state index in [9.17, 15) is 4.79 Å². The summed E-state index contributed by atoms with van der Waals surface area (Å²) in [4.78, 5) is 15.2. The second-order valence-electron chi connectivity index (χ2n) is 3.36. The van der Waals surface area contributed by atoms with Gasteiger partial charge >= 0.3 is 5.97 Å². The van der Waals surface area contributed by atoms with Crippen LogP contribution in [-0.2, 0) is 11.3 Å². The highest BCUT2D eigenvalue weighted by Crippen LogP contribution is 2.22. The number of aromatic carboxylic acids is 1. The first-order chi connectivity index (χ1) is 7.63. The molecule has 0 aromatic carbocycles. The first-order valence-electron chi connectivity index (χ1n) is 4.61. The maximum atomic E-state index is 11.1. The Morgan fingerprint density at radius 3 is 3.00 bits per heavy atom. The Morgan fingerprint density at radius 2 is 2.38 bits per heavy atom. The molecule has 16 heavy (non-hydrogen) atoms. The van der Waals surface area contributed by atoms with Crippen LogP contribution in [0.5, 0.6) is 0 Å². The summed E-state index contributed by atoms with van der Waals surface area (Å²) in [5.41, 5.74) is 1.38. The minimum atomic E-state index is -1.03. The van der Waals surface area contributed by atoms with Crippen molar-refractivity contribution in [1.82, 2.24) is 10.1 Å². The molecular formula is C10H10N2O4. The summed E-state index contributed by atoms with van der Waals surface area (Å²) in [5, 5.41) is 13.2. The van der Waals surface area contributed by atoms with E-state index in [1.54, 1.807) is 6.92 Å². The number of aryl methyl sites for hydroxylation is 1. The van der Waals surface area contributed by atoms with Gasteiger partial charge in [0.1, 0.15) is 5.69 Å². The molecule has 1 N–H and O–H groups in total. The molecule has 2 aromatic heterocycles. The second-order valence-corrected chi connectivity index (χ2v) is 3.36. The van der Waals surface area contributed by atoms with Crippen molar-refractivity contribution >= 4 is 17.1 Å². The molecular weight excluding hydrogens is 212 g/mol. The summed E-state index contributed by atoms with van der Waals surface area (Å²) < 4.78 is 9.88. The first-order valence-corrected chi connectivity index (χ1v) is 4.61. The van der Waals surface area contributed by atoms with Crippen LogP contribution in [0.2, 0.25) is 0 Å². The van der Waals surface area contributed by atoms with Crippen LogP contribution in [0.4, 0.5) is 0 Å². The summed E-state index contributed by atoms with van der Waals surface area (Å²) in [5.74, 6) is -1.03. The zero-order valence-electron chi connectivity index (χ0n) is 8.85. The maximum Gasteiger partial charge on any atom is 0.336 e. The van der Waals surface area contributed by atoms with Gasteiger partial charge in [0.2, 0.25) is 0 Å². The van der Waals surface area contributed by atoms with E-state index in [0.29, 0.717) is 16.8 Å². The molecule has 0 radical (unpaired) electrons. The molecule has 6 nitrogen and oxygen atoms in total. The number of nitrogens with zero attached hydrogens (tertiary/aromatic N) is 2. The number of carboxylic acid groups (broad SMARTS) is 1. The molecule has 0 aliphatic heterocycles. The van der Waals surface area contributed by atoms with E-state index >= 15 is 0 Å². The molecule has 0 spiro atoms. The van der Waals surface area contributed by atoms with Crippen LogP contribution in [-0.4, -0.2) is 28.3 Å². The van der Waals surface area contributed by atoms with Crippen LogP contribution in [0.25, 0.3) is 11.1 Å². The van der Waals surface area contributed by atoms with E-state index in [4.69, 9.17) is 14.4 Å². The van der Waals surface area contributed by atoms with Gasteiger partial charge in [0.05, 0.1) is 17.6 Å². The van der Waals surface area contributed by atoms with Gasteiger partial charge in [0, 0.05) is 12.8 Å². The average molecular weight is 222 g/mol. The van der Waals surface area contributed by atoms with Crippen molar-refractivity contribution < 1.29 is 19.2 Å². The van der Waals surface area contributed by atoms with Crippen molar-refractivity contribution in [2.24, 2.45) is 0 Å². The minimum Gasteiger partial charge on any atom is -0.478 e. The third-order valence-corrected chi connectivity index (χ3v) is 2.16. The zero-order chi connectivity index (χ0) is 11.7. The molecule has 0 aliphatic rings. The van der Waals surface area contributed by atoms with Gasteiger partial charge in [-0.1, -0.05) is 5.16 Å². The van der Waals surface area contributed by atoms with Gasteiger partial charge < -0.3 is 14.4 Å². The fraction of sp³-hybridized carbons (Fsp3) is 0.300. The minimum absolute atomic E-state index is 0.135. The Balaban J connectivity index is 2.74. The van der Waals surface area contributed by atoms with Gasteiger partial charge in [0.25, 0.3) is 5.71 Å². The number of aromatic nitrogens is 2. The maximum absolute atomic E-state index is 11.1. The number of pyridine rings is 1. The van der Waals surface area contributed by atoms with Crippen LogP contribution in [0, 0.1) is 6.92 Å². The fourth-order valence-electron chi connectivity index (χ4n) is 1.54. The summed E-state index contributed by atoms with van der Waals surface area (Å²) in [7, 11) is 1.50. The molecule has 0 unspecified atom stereocenters. The lowest BCUT2D eigenvalue weighted by atomic mass is 10.1. The number of ether oxygens (including phenoxy) is 1. The Morgan fingerprint density at radius 1 is 1.62 bits per heavy atom. The third kappa shape index (κ3) is 1.63. The van der Waals surface area contributed by atoms with E-state index < -0.39 is 5.97 Å². The highest BCUT2D eigenvalue weighted by atomic mass is 16.5. The summed E-state index contributed by atoms with van der Waals surface area (Å²) in [6.45, 7) is 1.89. The molecule has 0 saturated heterocycles. The Kier molecular flexibility index (Phi) is 2.57. The van der Waals surface area contributed by atoms with Gasteiger partial charge in [-0.15, -0.1) is 0 Å². The summed E-state index contributed by atoms with van der Waals surface area (Å²) in [6.07, 6.45) is 0. The molecule has 2 heterocycles. The second kappa shape index (κ2) is 3.90. The number of hydrogen-bond acceptors (Lipinski definition) is 5. The molecule has 0 saturated carbocycles. The monoisotopic (exact) mass is 222 g/mol. The molecule has 6 heteroatoms. The van der Waals surface area contributed by atoms with Crippen LogP contribution in [0.1, 0.15) is 21.7 Å². The van der Waals surface area contributed by atoms with Crippen LogP contribution >= 0.6 is 0 Å². The van der Waals surface area contributed by atoms with Gasteiger partial charge in [-0.3, -0.25) is 0 Å². The van der Waals surface area contributed by atoms with Gasteiger partial charge in [-0.2, -0.15) is 0 Å². The van der Waals surface area contributed by atoms with Crippen LogP contribution in [0.3, 0.4) is 0 Å². The smallest absolute Gasteiger partial charge is 0.336 e. The molecule has 0 fully saturated rings. The zero-order valence-corrected chi connectivity index (χ0v) is 8.85. The predicted octanol–water partition coefficient (Wildman–Crippen LogP) is 1.38. The highest BCUT2D eigenvalue weighted by molar-refractivity contribution is 6.02. The highest BCUT2D eigenvalue weighted by Gasteiger charge is 2.18. The molecule has 0 amide bonds. The number of hydrogen-bond donors (Lipinski definition) is 1. The Hall–Kier alpha value is -1.95. The van der Waals surface area contributed by atoms with Gasteiger partial charge in [-0.05, 0) is 13.0 Å². The summed E-state index contributed by atoms with van der Waals surface area (Å²) >= 11 is 0. The van der Waals surface area contributed by atoms with E-state index in [-0.39, 0.29) is 17.9 Å². The third-order valence-electron chi connectivity index (χ3n) is 2.16. The van der Waals surface area contributed by atoms with E-state index in [1.165, 1.54) is 13.2 Å². The quantitative estimate of drug-likeness (QED) is 0.844. The van der Waals surface area contributed by atoms with Crippen molar-refractivity contribution in [1.29, 1.82) is 0 Å². The topological polar surface area (TPSA) is 85.5 Å². The van der Waals surface area contributed by atoms with E-state index in [1.807, 2.05) is 0 Å². The molecule has 0 bridgehead atoms. The molecule has 0 aliphatic carbocycles. The first kappa shape index (κ1) is 10.6. The van der Waals surface area contributed by atoms with Gasteiger partial charge in [-0.25, -0.2) is 9.78 Å². The molecule has 0 atom stereocenters. The lowest BCUT2D eigenvalue weighted by Crippen LogP contribution is -2.01. The lowest BCUT2D eigenvalue weighted by Gasteiger charge is -1.99. The number of fused-ring (bicyclic) bond motifs is 1. The van der Waals surface area contributed by atoms with E-state index in [0.717, 1.165) is 0 Å². The number of methoxy groups -OCH3 is 1. The van der Waals surface area contributed by atoms with Crippen molar-refractivity contribution in [3.8, 4) is 0 Å². The van der Waals surface area contributed by atoms with Crippen molar-refractivity contribution in [2.75, 3.05) is 7.11 Å². The van der Waals surface area contributed by atoms with Crippen LogP contribution in [0.15, 0.2) is 10.6 Å². The number of carbonyl (C=O) groups is 1. The van der Waals surface area contributed by atoms with Gasteiger partial charge in [0.15, 0.2) is 0 Å². The average Bonchev–Trinajstić information content (AvgIpc) is 2.60. The summed E-state index contributed by atoms with van der Waals surface area (Å²) in [6, 6.07) is 1.49. The van der Waals surface area contributed by atoms with Crippen molar-refractivity contribution in [2.45, 2.75) is 13.5 Å². The fourth-order valence-corrected chi connectivity index (χ4v) is 1.54. The predicted molar refractivity (Wildman–Crippen MR) is 54.2 cm³/mol. The number of carboxylic acids is 1. The van der Waals surface area contributed by atoms with Crippen LogP contribution < -0.4 is 0 Å². The SMILES string of the molecule is COCc1noc2nc(C)cc(C(=O)O)c12. The normalized spacial score (nSPS) is 10.9. The largest absolute Gasteiger partial charge is 0.478 e.